The number of benzene rings is 1. The minimum absolute atomic E-state index is 0.0216. The van der Waals surface area contributed by atoms with Crippen molar-refractivity contribution in [3.8, 4) is 5.75 Å². The molecular formula is C17H22O6. The van der Waals surface area contributed by atoms with Crippen LogP contribution in [0.1, 0.15) is 56.0 Å². The molecule has 2 atom stereocenters. The van der Waals surface area contributed by atoms with E-state index in [0.717, 1.165) is 12.8 Å². The minimum atomic E-state index is -1.10. The SMILES string of the molecule is CC(=O)OC[C@@]1(C)CCC[C@@](C)(c2ccc(C(=O)O)cc2O)O1. The number of rotatable bonds is 4. The van der Waals surface area contributed by atoms with Crippen molar-refractivity contribution in [2.45, 2.75) is 51.2 Å². The molecule has 2 rings (SSSR count). The zero-order chi connectivity index (χ0) is 17.3. The molecule has 1 saturated heterocycles. The number of hydrogen-bond donors (Lipinski definition) is 2. The van der Waals surface area contributed by atoms with Crippen LogP contribution in [0.4, 0.5) is 0 Å². The van der Waals surface area contributed by atoms with Crippen LogP contribution in [0.15, 0.2) is 18.2 Å². The summed E-state index contributed by atoms with van der Waals surface area (Å²) in [5.41, 5.74) is -0.852. The molecule has 0 aliphatic carbocycles. The number of hydrogen-bond acceptors (Lipinski definition) is 5. The molecule has 6 heteroatoms. The van der Waals surface area contributed by atoms with E-state index in [1.54, 1.807) is 6.07 Å². The van der Waals surface area contributed by atoms with Gasteiger partial charge in [0.2, 0.25) is 0 Å². The monoisotopic (exact) mass is 322 g/mol. The van der Waals surface area contributed by atoms with E-state index in [4.69, 9.17) is 14.6 Å². The third kappa shape index (κ3) is 3.82. The van der Waals surface area contributed by atoms with Crippen molar-refractivity contribution in [2.24, 2.45) is 0 Å². The fourth-order valence-electron chi connectivity index (χ4n) is 3.10. The molecule has 0 saturated carbocycles. The van der Waals surface area contributed by atoms with Crippen molar-refractivity contribution < 1.29 is 29.3 Å². The number of phenols is 1. The van der Waals surface area contributed by atoms with Gasteiger partial charge in [0.25, 0.3) is 0 Å². The van der Waals surface area contributed by atoms with E-state index in [2.05, 4.69) is 0 Å². The molecule has 0 unspecified atom stereocenters. The highest BCUT2D eigenvalue weighted by Crippen LogP contribution is 2.45. The number of aromatic carboxylic acids is 1. The Hall–Kier alpha value is -2.08. The van der Waals surface area contributed by atoms with Gasteiger partial charge in [-0.05, 0) is 45.2 Å². The van der Waals surface area contributed by atoms with Gasteiger partial charge in [-0.15, -0.1) is 0 Å². The molecule has 0 amide bonds. The molecule has 0 bridgehead atoms. The lowest BCUT2D eigenvalue weighted by Crippen LogP contribution is -2.46. The Morgan fingerprint density at radius 3 is 2.57 bits per heavy atom. The second kappa shape index (κ2) is 6.20. The van der Waals surface area contributed by atoms with Gasteiger partial charge in [-0.1, -0.05) is 6.07 Å². The van der Waals surface area contributed by atoms with Crippen LogP contribution in [0.25, 0.3) is 0 Å². The summed E-state index contributed by atoms with van der Waals surface area (Å²) in [6.45, 7) is 5.22. The van der Waals surface area contributed by atoms with Crippen LogP contribution < -0.4 is 0 Å². The Balaban J connectivity index is 2.27. The van der Waals surface area contributed by atoms with Gasteiger partial charge < -0.3 is 19.7 Å². The third-order valence-corrected chi connectivity index (χ3v) is 4.23. The number of carbonyl (C=O) groups excluding carboxylic acids is 1. The van der Waals surface area contributed by atoms with Gasteiger partial charge in [0.1, 0.15) is 18.0 Å². The van der Waals surface area contributed by atoms with Crippen molar-refractivity contribution in [2.75, 3.05) is 6.61 Å². The van der Waals surface area contributed by atoms with Crippen LogP contribution >= 0.6 is 0 Å². The van der Waals surface area contributed by atoms with Crippen LogP contribution in [0.3, 0.4) is 0 Å². The zero-order valence-electron chi connectivity index (χ0n) is 13.6. The topological polar surface area (TPSA) is 93.1 Å². The lowest BCUT2D eigenvalue weighted by molar-refractivity contribution is -0.204. The Labute approximate surface area is 135 Å². The maximum Gasteiger partial charge on any atom is 0.335 e. The Morgan fingerprint density at radius 2 is 2.00 bits per heavy atom. The molecule has 1 fully saturated rings. The lowest BCUT2D eigenvalue weighted by atomic mass is 9.82. The van der Waals surface area contributed by atoms with Crippen molar-refractivity contribution in [1.29, 1.82) is 0 Å². The summed E-state index contributed by atoms with van der Waals surface area (Å²) < 4.78 is 11.3. The molecule has 2 N–H and O–H groups in total. The molecule has 6 nitrogen and oxygen atoms in total. The van der Waals surface area contributed by atoms with E-state index in [-0.39, 0.29) is 23.9 Å². The quantitative estimate of drug-likeness (QED) is 0.828. The van der Waals surface area contributed by atoms with Crippen LogP contribution in [-0.4, -0.2) is 34.4 Å². The maximum absolute atomic E-state index is 11.0. The minimum Gasteiger partial charge on any atom is -0.508 e. The van der Waals surface area contributed by atoms with Gasteiger partial charge in [-0.2, -0.15) is 0 Å². The first-order valence-corrected chi connectivity index (χ1v) is 7.56. The summed E-state index contributed by atoms with van der Waals surface area (Å²) in [4.78, 5) is 22.0. The van der Waals surface area contributed by atoms with Gasteiger partial charge in [-0.3, -0.25) is 4.79 Å². The first-order chi connectivity index (χ1) is 10.7. The number of carboxylic acid groups (broad SMARTS) is 1. The summed E-state index contributed by atoms with van der Waals surface area (Å²) in [7, 11) is 0. The summed E-state index contributed by atoms with van der Waals surface area (Å²) in [6, 6.07) is 4.25. The summed E-state index contributed by atoms with van der Waals surface area (Å²) in [5.74, 6) is -1.57. The number of aromatic hydroxyl groups is 1. The van der Waals surface area contributed by atoms with Gasteiger partial charge in [0.05, 0.1) is 11.2 Å². The number of ether oxygens (including phenoxy) is 2. The highest BCUT2D eigenvalue weighted by atomic mass is 16.6. The molecule has 1 aliphatic rings. The number of carbonyl (C=O) groups is 2. The third-order valence-electron chi connectivity index (χ3n) is 4.23. The van der Waals surface area contributed by atoms with E-state index in [9.17, 15) is 14.7 Å². The van der Waals surface area contributed by atoms with Crippen molar-refractivity contribution in [3.05, 3.63) is 29.3 Å². The molecular weight excluding hydrogens is 300 g/mol. The summed E-state index contributed by atoms with van der Waals surface area (Å²) in [6.07, 6.45) is 2.26. The largest absolute Gasteiger partial charge is 0.508 e. The van der Waals surface area contributed by atoms with E-state index >= 15 is 0 Å². The number of carboxylic acids is 1. The van der Waals surface area contributed by atoms with E-state index in [0.29, 0.717) is 12.0 Å². The molecule has 23 heavy (non-hydrogen) atoms. The van der Waals surface area contributed by atoms with E-state index in [1.165, 1.54) is 19.1 Å². The van der Waals surface area contributed by atoms with Crippen LogP contribution in [0.2, 0.25) is 0 Å². The predicted molar refractivity (Wildman–Crippen MR) is 82.4 cm³/mol. The second-order valence-electron chi connectivity index (χ2n) is 6.45. The van der Waals surface area contributed by atoms with Gasteiger partial charge in [0.15, 0.2) is 0 Å². The average molecular weight is 322 g/mol. The highest BCUT2D eigenvalue weighted by Gasteiger charge is 2.43. The Morgan fingerprint density at radius 1 is 1.30 bits per heavy atom. The molecule has 0 aromatic heterocycles. The molecule has 1 heterocycles. The number of esters is 1. The average Bonchev–Trinajstić information content (AvgIpc) is 2.44. The maximum atomic E-state index is 11.0. The predicted octanol–water partition coefficient (Wildman–Crippen LogP) is 2.83. The normalized spacial score (nSPS) is 27.4. The van der Waals surface area contributed by atoms with Gasteiger partial charge in [0, 0.05) is 12.5 Å². The van der Waals surface area contributed by atoms with Crippen LogP contribution in [-0.2, 0) is 19.9 Å². The summed E-state index contributed by atoms with van der Waals surface area (Å²) in [5, 5.41) is 19.2. The van der Waals surface area contributed by atoms with Crippen molar-refractivity contribution >= 4 is 11.9 Å². The van der Waals surface area contributed by atoms with Crippen molar-refractivity contribution in [1.82, 2.24) is 0 Å². The highest BCUT2D eigenvalue weighted by molar-refractivity contribution is 5.88. The van der Waals surface area contributed by atoms with E-state index < -0.39 is 17.2 Å². The first kappa shape index (κ1) is 17.3. The standard InChI is InChI=1S/C17H22O6/c1-11(18)22-10-16(2)7-4-8-17(3,23-16)13-6-5-12(15(20)21)9-14(13)19/h5-6,9,19H,4,7-8,10H2,1-3H3,(H,20,21)/t16-,17+/m1/s1. The van der Waals surface area contributed by atoms with Gasteiger partial charge in [-0.25, -0.2) is 4.79 Å². The molecule has 1 aromatic rings. The van der Waals surface area contributed by atoms with Crippen LogP contribution in [0, 0.1) is 0 Å². The fraction of sp³-hybridized carbons (Fsp3) is 0.529. The molecule has 1 aliphatic heterocycles. The first-order valence-electron chi connectivity index (χ1n) is 7.56. The van der Waals surface area contributed by atoms with Crippen molar-refractivity contribution in [3.63, 3.8) is 0 Å². The Kier molecular flexibility index (Phi) is 4.66. The zero-order valence-corrected chi connectivity index (χ0v) is 13.6. The molecule has 0 radical (unpaired) electrons. The van der Waals surface area contributed by atoms with E-state index in [1.807, 2.05) is 13.8 Å². The molecule has 0 spiro atoms. The lowest BCUT2D eigenvalue weighted by Gasteiger charge is -2.45. The molecule has 126 valence electrons. The van der Waals surface area contributed by atoms with Crippen LogP contribution in [0.5, 0.6) is 5.75 Å². The molecule has 1 aromatic carbocycles. The number of phenolic OH excluding ortho intramolecular Hbond substituents is 1. The fourth-order valence-corrected chi connectivity index (χ4v) is 3.10. The second-order valence-corrected chi connectivity index (χ2v) is 6.45. The Bertz CT molecular complexity index is 626. The van der Waals surface area contributed by atoms with Gasteiger partial charge >= 0.3 is 11.9 Å². The summed E-state index contributed by atoms with van der Waals surface area (Å²) >= 11 is 0. The smallest absolute Gasteiger partial charge is 0.335 e.